The van der Waals surface area contributed by atoms with Crippen LogP contribution in [-0.2, 0) is 28.8 Å². The van der Waals surface area contributed by atoms with Crippen LogP contribution in [0.4, 0.5) is 0 Å². The molecule has 0 saturated carbocycles. The molecule has 12 nitrogen and oxygen atoms in total. The number of carbonyl (C=O) groups is 6. The molecular formula is C38H50N6O6. The Labute approximate surface area is 294 Å². The van der Waals surface area contributed by atoms with Gasteiger partial charge in [-0.25, -0.2) is 0 Å². The Morgan fingerprint density at radius 1 is 0.560 bits per heavy atom. The molecule has 3 saturated heterocycles. The number of β-lactam (4-membered cyclic amide) rings is 2. The van der Waals surface area contributed by atoms with Gasteiger partial charge in [-0.2, -0.15) is 0 Å². The van der Waals surface area contributed by atoms with Crippen LogP contribution in [0, 0.1) is 23.7 Å². The van der Waals surface area contributed by atoms with E-state index >= 15 is 0 Å². The number of amides is 6. The molecule has 0 spiro atoms. The van der Waals surface area contributed by atoms with Crippen molar-refractivity contribution in [3.05, 3.63) is 71.8 Å². The second kappa shape index (κ2) is 15.4. The number of fused-ring (bicyclic) bond motifs is 4. The number of nitrogens with one attached hydrogen (secondary N) is 4. The van der Waals surface area contributed by atoms with Crippen LogP contribution in [0.3, 0.4) is 0 Å². The first-order valence-corrected chi connectivity index (χ1v) is 17.7. The minimum Gasteiger partial charge on any atom is -0.351 e. The largest absolute Gasteiger partial charge is 0.351 e. The predicted molar refractivity (Wildman–Crippen MR) is 187 cm³/mol. The summed E-state index contributed by atoms with van der Waals surface area (Å²) in [5, 5.41) is 11.6. The van der Waals surface area contributed by atoms with Gasteiger partial charge in [-0.3, -0.25) is 28.8 Å². The van der Waals surface area contributed by atoms with Gasteiger partial charge >= 0.3 is 0 Å². The van der Waals surface area contributed by atoms with E-state index in [9.17, 15) is 28.8 Å². The Morgan fingerprint density at radius 3 is 1.22 bits per heavy atom. The maximum Gasteiger partial charge on any atom is 0.242 e. The van der Waals surface area contributed by atoms with Crippen molar-refractivity contribution in [3.8, 4) is 0 Å². The minimum absolute atomic E-state index is 0.122. The van der Waals surface area contributed by atoms with Crippen molar-refractivity contribution >= 4 is 35.4 Å². The van der Waals surface area contributed by atoms with Crippen LogP contribution in [-0.4, -0.2) is 82.5 Å². The Morgan fingerprint density at radius 2 is 0.900 bits per heavy atom. The minimum atomic E-state index is -0.952. The molecule has 8 atom stereocenters. The lowest BCUT2D eigenvalue weighted by Crippen LogP contribution is -2.66. The van der Waals surface area contributed by atoms with Gasteiger partial charge in [-0.15, -0.1) is 0 Å². The normalized spacial score (nSPS) is 29.8. The number of benzene rings is 2. The molecule has 6 amide bonds. The van der Waals surface area contributed by atoms with Crippen molar-refractivity contribution in [3.63, 3.8) is 0 Å². The number of rotatable bonds is 6. The molecule has 4 bridgehead atoms. The number of carbonyl (C=O) groups excluding carboxylic acids is 6. The highest BCUT2D eigenvalue weighted by Crippen LogP contribution is 2.44. The third-order valence-electron chi connectivity index (χ3n) is 9.91. The molecule has 0 aromatic heterocycles. The zero-order chi connectivity index (χ0) is 36.3. The van der Waals surface area contributed by atoms with Crippen LogP contribution in [0.25, 0.3) is 0 Å². The Hall–Kier alpha value is -4.74. The van der Waals surface area contributed by atoms with E-state index in [0.717, 1.165) is 11.1 Å². The van der Waals surface area contributed by atoms with Crippen molar-refractivity contribution < 1.29 is 28.8 Å². The van der Waals surface area contributed by atoms with Crippen molar-refractivity contribution in [1.29, 1.82) is 0 Å². The Kier molecular flexibility index (Phi) is 11.3. The van der Waals surface area contributed by atoms with E-state index in [-0.39, 0.29) is 36.7 Å². The first kappa shape index (κ1) is 36.5. The topological polar surface area (TPSA) is 157 Å². The SMILES string of the molecule is CC(C)C[C@@H]1NC(=O)[C@H](C)NC(=O)CN2C(=O)[C@@H]([C@H](CC(C)C)NC(=O)[C@H](C)NC(=O)CN3C(=O)[C@@H]1[C@H]3c1ccccc1)[C@H]2c1ccccc1. The maximum absolute atomic E-state index is 13.8. The lowest BCUT2D eigenvalue weighted by Gasteiger charge is -2.51. The van der Waals surface area contributed by atoms with E-state index in [4.69, 9.17) is 0 Å². The fraction of sp³-hybridized carbons (Fsp3) is 0.526. The van der Waals surface area contributed by atoms with Crippen LogP contribution in [0.5, 0.6) is 0 Å². The summed E-state index contributed by atoms with van der Waals surface area (Å²) in [5.74, 6) is -3.50. The molecule has 3 fully saturated rings. The predicted octanol–water partition coefficient (Wildman–Crippen LogP) is 2.47. The smallest absolute Gasteiger partial charge is 0.242 e. The highest BCUT2D eigenvalue weighted by atomic mass is 16.2. The molecule has 0 unspecified atom stereocenters. The average Bonchev–Trinajstić information content (AvgIpc) is 3.06. The molecule has 50 heavy (non-hydrogen) atoms. The van der Waals surface area contributed by atoms with Gasteiger partial charge in [0.25, 0.3) is 0 Å². The van der Waals surface area contributed by atoms with Crippen LogP contribution < -0.4 is 21.3 Å². The fourth-order valence-electron chi connectivity index (χ4n) is 7.60. The molecule has 12 heteroatoms. The van der Waals surface area contributed by atoms with Crippen molar-refractivity contribution in [2.75, 3.05) is 13.1 Å². The number of hydrogen-bond donors (Lipinski definition) is 4. The lowest BCUT2D eigenvalue weighted by atomic mass is 9.75. The van der Waals surface area contributed by atoms with Gasteiger partial charge < -0.3 is 31.1 Å². The highest BCUT2D eigenvalue weighted by Gasteiger charge is 2.54. The monoisotopic (exact) mass is 686 g/mol. The molecule has 0 aliphatic carbocycles. The van der Waals surface area contributed by atoms with E-state index in [1.54, 1.807) is 13.8 Å². The number of hydrogen-bond acceptors (Lipinski definition) is 6. The van der Waals surface area contributed by atoms with Crippen LogP contribution >= 0.6 is 0 Å². The highest BCUT2D eigenvalue weighted by molar-refractivity contribution is 5.96. The van der Waals surface area contributed by atoms with Gasteiger partial charge in [-0.1, -0.05) is 88.4 Å². The molecule has 5 rings (SSSR count). The summed E-state index contributed by atoms with van der Waals surface area (Å²) in [4.78, 5) is 84.7. The first-order chi connectivity index (χ1) is 23.8. The molecule has 2 aromatic carbocycles. The summed E-state index contributed by atoms with van der Waals surface area (Å²) in [6.07, 6.45) is 0.979. The molecule has 3 heterocycles. The van der Waals surface area contributed by atoms with Crippen LogP contribution in [0.1, 0.15) is 77.6 Å². The van der Waals surface area contributed by atoms with E-state index in [0.29, 0.717) is 12.8 Å². The van der Waals surface area contributed by atoms with Crippen LogP contribution in [0.15, 0.2) is 60.7 Å². The summed E-state index contributed by atoms with van der Waals surface area (Å²) in [7, 11) is 0. The van der Waals surface area contributed by atoms with Crippen LogP contribution in [0.2, 0.25) is 0 Å². The Balaban J connectivity index is 1.49. The summed E-state index contributed by atoms with van der Waals surface area (Å²) in [6.45, 7) is 10.6. The molecule has 0 radical (unpaired) electrons. The molecule has 268 valence electrons. The molecule has 3 aliphatic heterocycles. The molecular weight excluding hydrogens is 636 g/mol. The summed E-state index contributed by atoms with van der Waals surface area (Å²) in [5.41, 5.74) is 1.65. The van der Waals surface area contributed by atoms with E-state index in [2.05, 4.69) is 21.3 Å². The van der Waals surface area contributed by atoms with E-state index in [1.807, 2.05) is 88.4 Å². The second-order valence-corrected chi connectivity index (χ2v) is 14.8. The van der Waals surface area contributed by atoms with Gasteiger partial charge in [-0.05, 0) is 49.7 Å². The lowest BCUT2D eigenvalue weighted by molar-refractivity contribution is -0.163. The third-order valence-corrected chi connectivity index (χ3v) is 9.91. The van der Waals surface area contributed by atoms with E-state index < -0.39 is 71.7 Å². The molecule has 4 N–H and O–H groups in total. The Bertz CT molecular complexity index is 1470. The standard InChI is InChI=1S/C38H50N6O6/c1-21(2)17-27-31-33(25-13-9-7-10-14-25)43(37(31)49)19-29(45)40-24(6)36(48)42-28(18-22(3)4)32-34(26-15-11-8-12-16-26)44(38(32)50)20-30(46)39-23(5)35(47)41-27/h7-16,21-24,27-28,31-34H,17-20H2,1-6H3,(H,39,46)(H,40,45)(H,41,47)(H,42,48)/t23-,24-,27-,28-,31-,32-,33+,34+/m0/s1. The summed E-state index contributed by atoms with van der Waals surface area (Å²) in [6, 6.07) is 14.7. The maximum atomic E-state index is 13.8. The molecule has 2 aromatic rings. The first-order valence-electron chi connectivity index (χ1n) is 17.7. The van der Waals surface area contributed by atoms with Gasteiger partial charge in [0.2, 0.25) is 35.4 Å². The quantitative estimate of drug-likeness (QED) is 0.342. The second-order valence-electron chi connectivity index (χ2n) is 14.8. The third kappa shape index (κ3) is 7.84. The zero-order valence-electron chi connectivity index (χ0n) is 29.7. The van der Waals surface area contributed by atoms with Gasteiger partial charge in [0.05, 0.1) is 23.9 Å². The number of nitrogens with zero attached hydrogens (tertiary/aromatic N) is 2. The average molecular weight is 687 g/mol. The van der Waals surface area contributed by atoms with Crippen molar-refractivity contribution in [2.24, 2.45) is 23.7 Å². The van der Waals surface area contributed by atoms with Crippen molar-refractivity contribution in [1.82, 2.24) is 31.1 Å². The van der Waals surface area contributed by atoms with Crippen molar-refractivity contribution in [2.45, 2.75) is 90.6 Å². The van der Waals surface area contributed by atoms with Gasteiger partial charge in [0, 0.05) is 12.1 Å². The van der Waals surface area contributed by atoms with E-state index in [1.165, 1.54) is 9.80 Å². The molecule has 3 aliphatic rings. The van der Waals surface area contributed by atoms with Gasteiger partial charge in [0.15, 0.2) is 0 Å². The summed E-state index contributed by atoms with van der Waals surface area (Å²) >= 11 is 0. The summed E-state index contributed by atoms with van der Waals surface area (Å²) < 4.78 is 0. The zero-order valence-corrected chi connectivity index (χ0v) is 29.7. The fourth-order valence-corrected chi connectivity index (χ4v) is 7.60. The van der Waals surface area contributed by atoms with Gasteiger partial charge in [0.1, 0.15) is 25.2 Å².